The second kappa shape index (κ2) is 8.75. The zero-order chi connectivity index (χ0) is 21.9. The first-order valence-corrected chi connectivity index (χ1v) is 11.0. The second-order valence-corrected chi connectivity index (χ2v) is 8.07. The van der Waals surface area contributed by atoms with E-state index in [9.17, 15) is 9.90 Å². The summed E-state index contributed by atoms with van der Waals surface area (Å²) in [6, 6.07) is 25.5. The number of aromatic nitrogens is 2. The van der Waals surface area contributed by atoms with Crippen LogP contribution in [-0.2, 0) is 11.2 Å². The highest BCUT2D eigenvalue weighted by atomic mass is 16.3. The van der Waals surface area contributed by atoms with E-state index in [0.29, 0.717) is 25.9 Å². The number of para-hydroxylation sites is 3. The fourth-order valence-electron chi connectivity index (χ4n) is 4.36. The maximum absolute atomic E-state index is 13.0. The smallest absolute Gasteiger partial charge is 0.223 e. The van der Waals surface area contributed by atoms with Gasteiger partial charge in [0.2, 0.25) is 5.91 Å². The third-order valence-electron chi connectivity index (χ3n) is 6.05. The van der Waals surface area contributed by atoms with E-state index in [1.807, 2.05) is 53.4 Å². The Kier molecular flexibility index (Phi) is 5.50. The molecule has 0 atom stereocenters. The van der Waals surface area contributed by atoms with E-state index >= 15 is 0 Å². The van der Waals surface area contributed by atoms with Gasteiger partial charge in [0.15, 0.2) is 0 Å². The van der Waals surface area contributed by atoms with Gasteiger partial charge in [0, 0.05) is 50.4 Å². The van der Waals surface area contributed by atoms with Gasteiger partial charge in [-0.05, 0) is 48.5 Å². The van der Waals surface area contributed by atoms with E-state index in [0.717, 1.165) is 41.3 Å². The van der Waals surface area contributed by atoms with E-state index in [-0.39, 0.29) is 11.7 Å². The van der Waals surface area contributed by atoms with E-state index in [4.69, 9.17) is 4.98 Å². The molecule has 32 heavy (non-hydrogen) atoms. The lowest BCUT2D eigenvalue weighted by Crippen LogP contribution is -2.48. The predicted molar refractivity (Wildman–Crippen MR) is 126 cm³/mol. The summed E-state index contributed by atoms with van der Waals surface area (Å²) in [6.45, 7) is 2.99. The highest BCUT2D eigenvalue weighted by Crippen LogP contribution is 2.23. The first-order valence-electron chi connectivity index (χ1n) is 11.0. The summed E-state index contributed by atoms with van der Waals surface area (Å²) in [5.41, 5.74) is 4.14. The minimum atomic E-state index is 0.169. The third kappa shape index (κ3) is 4.04. The molecular formula is C26H26N4O2. The number of aryl methyl sites for hydroxylation is 1. The highest BCUT2D eigenvalue weighted by Gasteiger charge is 2.22. The van der Waals surface area contributed by atoms with Gasteiger partial charge in [0.1, 0.15) is 11.6 Å². The molecule has 1 aromatic heterocycles. The van der Waals surface area contributed by atoms with Gasteiger partial charge in [-0.2, -0.15) is 0 Å². The molecule has 0 saturated carbocycles. The summed E-state index contributed by atoms with van der Waals surface area (Å²) in [6.07, 6.45) is 1.04. The summed E-state index contributed by atoms with van der Waals surface area (Å²) in [5.74, 6) is 1.35. The van der Waals surface area contributed by atoms with Crippen LogP contribution in [0.5, 0.6) is 5.75 Å². The van der Waals surface area contributed by atoms with Crippen molar-refractivity contribution in [1.82, 2.24) is 14.5 Å². The SMILES string of the molecule is O=C(CCc1nc2ccccc2n1-c1ccccc1)N1CCN(c2ccc(O)cc2)CC1. The molecule has 6 nitrogen and oxygen atoms in total. The number of piperazine rings is 1. The van der Waals surface area contributed by atoms with Crippen molar-refractivity contribution in [2.24, 2.45) is 0 Å². The van der Waals surface area contributed by atoms with Crippen LogP contribution >= 0.6 is 0 Å². The van der Waals surface area contributed by atoms with Crippen molar-refractivity contribution < 1.29 is 9.90 Å². The number of rotatable bonds is 5. The van der Waals surface area contributed by atoms with Crippen LogP contribution in [0.2, 0.25) is 0 Å². The number of benzene rings is 3. The normalized spacial score (nSPS) is 14.1. The minimum Gasteiger partial charge on any atom is -0.508 e. The number of nitrogens with zero attached hydrogens (tertiary/aromatic N) is 4. The number of amides is 1. The van der Waals surface area contributed by atoms with Crippen LogP contribution < -0.4 is 4.90 Å². The minimum absolute atomic E-state index is 0.169. The van der Waals surface area contributed by atoms with Crippen molar-refractivity contribution in [1.29, 1.82) is 0 Å². The topological polar surface area (TPSA) is 61.6 Å². The summed E-state index contributed by atoms with van der Waals surface area (Å²) < 4.78 is 2.16. The molecule has 0 unspecified atom stereocenters. The summed E-state index contributed by atoms with van der Waals surface area (Å²) >= 11 is 0. The Hall–Kier alpha value is -3.80. The van der Waals surface area contributed by atoms with Crippen LogP contribution in [-0.4, -0.2) is 51.6 Å². The number of fused-ring (bicyclic) bond motifs is 1. The number of aromatic hydroxyl groups is 1. The Morgan fingerprint density at radius 3 is 2.25 bits per heavy atom. The Labute approximate surface area is 187 Å². The maximum Gasteiger partial charge on any atom is 0.223 e. The lowest BCUT2D eigenvalue weighted by atomic mass is 10.2. The maximum atomic E-state index is 13.0. The van der Waals surface area contributed by atoms with Gasteiger partial charge in [-0.25, -0.2) is 4.98 Å². The Balaban J connectivity index is 1.26. The summed E-state index contributed by atoms with van der Waals surface area (Å²) in [7, 11) is 0. The quantitative estimate of drug-likeness (QED) is 0.524. The van der Waals surface area contributed by atoms with Crippen molar-refractivity contribution in [3.8, 4) is 11.4 Å². The van der Waals surface area contributed by atoms with Crippen LogP contribution in [0.1, 0.15) is 12.2 Å². The molecule has 1 amide bonds. The lowest BCUT2D eigenvalue weighted by molar-refractivity contribution is -0.131. The molecule has 1 saturated heterocycles. The van der Waals surface area contributed by atoms with Crippen LogP contribution in [0, 0.1) is 0 Å². The molecular weight excluding hydrogens is 400 g/mol. The molecule has 6 heteroatoms. The molecule has 3 aromatic carbocycles. The van der Waals surface area contributed by atoms with Crippen molar-refractivity contribution >= 4 is 22.6 Å². The largest absolute Gasteiger partial charge is 0.508 e. The number of phenols is 1. The zero-order valence-electron chi connectivity index (χ0n) is 17.9. The number of anilines is 1. The fraction of sp³-hybridized carbons (Fsp3) is 0.231. The molecule has 0 bridgehead atoms. The molecule has 4 aromatic rings. The Morgan fingerprint density at radius 1 is 0.812 bits per heavy atom. The van der Waals surface area contributed by atoms with Crippen molar-refractivity contribution in [2.45, 2.75) is 12.8 Å². The lowest BCUT2D eigenvalue weighted by Gasteiger charge is -2.36. The van der Waals surface area contributed by atoms with Gasteiger partial charge >= 0.3 is 0 Å². The number of hydrogen-bond donors (Lipinski definition) is 1. The van der Waals surface area contributed by atoms with Crippen molar-refractivity contribution in [3.05, 3.63) is 84.7 Å². The Bertz CT molecular complexity index is 1210. The van der Waals surface area contributed by atoms with Crippen LogP contribution in [0.15, 0.2) is 78.9 Å². The fourth-order valence-corrected chi connectivity index (χ4v) is 4.36. The molecule has 0 radical (unpaired) electrons. The van der Waals surface area contributed by atoms with Gasteiger partial charge in [-0.3, -0.25) is 9.36 Å². The van der Waals surface area contributed by atoms with Gasteiger partial charge < -0.3 is 14.9 Å². The first kappa shape index (κ1) is 20.1. The summed E-state index contributed by atoms with van der Waals surface area (Å²) in [5, 5.41) is 9.48. The number of carbonyl (C=O) groups excluding carboxylic acids is 1. The van der Waals surface area contributed by atoms with Crippen molar-refractivity contribution in [2.75, 3.05) is 31.1 Å². The number of carbonyl (C=O) groups is 1. The van der Waals surface area contributed by atoms with Gasteiger partial charge in [0.05, 0.1) is 11.0 Å². The summed E-state index contributed by atoms with van der Waals surface area (Å²) in [4.78, 5) is 22.0. The van der Waals surface area contributed by atoms with Crippen molar-refractivity contribution in [3.63, 3.8) is 0 Å². The predicted octanol–water partition coefficient (Wildman–Crippen LogP) is 4.01. The number of phenolic OH excluding ortho intramolecular Hbond substituents is 1. The average molecular weight is 427 g/mol. The second-order valence-electron chi connectivity index (χ2n) is 8.07. The molecule has 1 fully saturated rings. The van der Waals surface area contributed by atoms with Gasteiger partial charge in [0.25, 0.3) is 0 Å². The first-order chi connectivity index (χ1) is 15.7. The van der Waals surface area contributed by atoms with Crippen LogP contribution in [0.3, 0.4) is 0 Å². The van der Waals surface area contributed by atoms with Crippen LogP contribution in [0.4, 0.5) is 5.69 Å². The van der Waals surface area contributed by atoms with Crippen LogP contribution in [0.25, 0.3) is 16.7 Å². The highest BCUT2D eigenvalue weighted by molar-refractivity contribution is 5.79. The molecule has 1 N–H and O–H groups in total. The molecule has 1 aliphatic heterocycles. The van der Waals surface area contributed by atoms with E-state index < -0.39 is 0 Å². The monoisotopic (exact) mass is 426 g/mol. The Morgan fingerprint density at radius 2 is 1.50 bits per heavy atom. The zero-order valence-corrected chi connectivity index (χ0v) is 17.9. The average Bonchev–Trinajstić information content (AvgIpc) is 3.22. The molecule has 0 spiro atoms. The number of imidazole rings is 1. The van der Waals surface area contributed by atoms with E-state index in [2.05, 4.69) is 27.7 Å². The molecule has 5 rings (SSSR count). The van der Waals surface area contributed by atoms with Gasteiger partial charge in [-0.15, -0.1) is 0 Å². The molecule has 162 valence electrons. The number of hydrogen-bond acceptors (Lipinski definition) is 4. The van der Waals surface area contributed by atoms with Gasteiger partial charge in [-0.1, -0.05) is 30.3 Å². The third-order valence-corrected chi connectivity index (χ3v) is 6.05. The molecule has 1 aliphatic rings. The molecule has 0 aliphatic carbocycles. The molecule has 2 heterocycles. The van der Waals surface area contributed by atoms with E-state index in [1.54, 1.807) is 12.1 Å². The van der Waals surface area contributed by atoms with E-state index in [1.165, 1.54) is 0 Å². The standard InChI is InChI=1S/C26H26N4O2/c31-22-12-10-20(11-13-22)28-16-18-29(19-17-28)26(32)15-14-25-27-23-8-4-5-9-24(23)30(25)21-6-2-1-3-7-21/h1-13,31H,14-19H2.